The number of hydrogen-bond donors (Lipinski definition) is 1. The Morgan fingerprint density at radius 3 is 1.33 bits per heavy atom. The lowest BCUT2D eigenvalue weighted by atomic mass is 10.1. The monoisotopic (exact) mass is 497 g/mol. The van der Waals surface area contributed by atoms with Gasteiger partial charge in [0.15, 0.2) is 0 Å². The molecule has 0 aromatic heterocycles. The Labute approximate surface area is 216 Å². The lowest BCUT2D eigenvalue weighted by Crippen LogP contribution is -2.55. The van der Waals surface area contributed by atoms with Crippen LogP contribution in [0, 0.1) is 0 Å². The molecular weight excluding hydrogens is 462 g/mol. The Morgan fingerprint density at radius 1 is 0.639 bits per heavy atom. The summed E-state index contributed by atoms with van der Waals surface area (Å²) >= 11 is 0. The fraction of sp³-hybridized carbons (Fsp3) is 0.161. The minimum atomic E-state index is -3.12. The first-order valence-electron chi connectivity index (χ1n) is 12.3. The summed E-state index contributed by atoms with van der Waals surface area (Å²) in [7, 11) is -3.12. The molecule has 2 N–H and O–H groups in total. The normalized spacial score (nSPS) is 10.5. The SMILES string of the molecule is C=C(CC)c1ccccc1.NCCC[Si](Oc1ccccc1)(Oc1ccccc1)Oc1ccccc1. The van der Waals surface area contributed by atoms with E-state index in [0.717, 1.165) is 30.1 Å². The van der Waals surface area contributed by atoms with Crippen molar-refractivity contribution in [3.63, 3.8) is 0 Å². The molecule has 0 aliphatic carbocycles. The largest absolute Gasteiger partial charge is 0.699 e. The minimum Gasteiger partial charge on any atom is -0.483 e. The zero-order chi connectivity index (χ0) is 25.5. The predicted octanol–water partition coefficient (Wildman–Crippen LogP) is 7.62. The second-order valence-corrected chi connectivity index (χ2v) is 10.6. The molecule has 4 nitrogen and oxygen atoms in total. The second kappa shape index (κ2) is 14.6. The van der Waals surface area contributed by atoms with E-state index in [9.17, 15) is 0 Å². The summed E-state index contributed by atoms with van der Waals surface area (Å²) < 4.78 is 19.1. The van der Waals surface area contributed by atoms with Crippen LogP contribution in [0.3, 0.4) is 0 Å². The van der Waals surface area contributed by atoms with Crippen LogP contribution in [0.4, 0.5) is 0 Å². The Hall–Kier alpha value is -3.80. The van der Waals surface area contributed by atoms with Crippen molar-refractivity contribution < 1.29 is 13.3 Å². The minimum absolute atomic E-state index is 0.545. The van der Waals surface area contributed by atoms with Gasteiger partial charge in [0.25, 0.3) is 0 Å². The highest BCUT2D eigenvalue weighted by Crippen LogP contribution is 2.27. The molecule has 0 bridgehead atoms. The van der Waals surface area contributed by atoms with E-state index in [-0.39, 0.29) is 0 Å². The van der Waals surface area contributed by atoms with Gasteiger partial charge in [-0.05, 0) is 66.9 Å². The zero-order valence-electron chi connectivity index (χ0n) is 20.9. The van der Waals surface area contributed by atoms with Gasteiger partial charge in [-0.25, -0.2) is 0 Å². The van der Waals surface area contributed by atoms with Gasteiger partial charge in [0.2, 0.25) is 0 Å². The first-order valence-corrected chi connectivity index (χ1v) is 14.2. The number of hydrogen-bond acceptors (Lipinski definition) is 4. The van der Waals surface area contributed by atoms with E-state index in [4.69, 9.17) is 19.0 Å². The molecule has 5 heteroatoms. The lowest BCUT2D eigenvalue weighted by Gasteiger charge is -2.30. The number of para-hydroxylation sites is 3. The summed E-state index contributed by atoms with van der Waals surface area (Å²) in [6.45, 7) is 6.61. The smallest absolute Gasteiger partial charge is 0.483 e. The second-order valence-electron chi connectivity index (χ2n) is 8.14. The van der Waals surface area contributed by atoms with Crippen molar-refractivity contribution in [1.82, 2.24) is 0 Å². The Kier molecular flexibility index (Phi) is 10.8. The maximum absolute atomic E-state index is 6.35. The van der Waals surface area contributed by atoms with Crippen molar-refractivity contribution in [2.24, 2.45) is 5.73 Å². The van der Waals surface area contributed by atoms with E-state index in [0.29, 0.717) is 12.6 Å². The quantitative estimate of drug-likeness (QED) is 0.217. The van der Waals surface area contributed by atoms with Crippen molar-refractivity contribution in [1.29, 1.82) is 0 Å². The highest BCUT2D eigenvalue weighted by molar-refractivity contribution is 6.63. The summed E-state index contributed by atoms with van der Waals surface area (Å²) in [6, 6.07) is 39.8. The van der Waals surface area contributed by atoms with Crippen molar-refractivity contribution in [3.8, 4) is 17.2 Å². The van der Waals surface area contributed by atoms with Crippen LogP contribution in [0.25, 0.3) is 5.57 Å². The molecule has 0 spiro atoms. The summed E-state index contributed by atoms with van der Waals surface area (Å²) in [5.41, 5.74) is 8.23. The third-order valence-electron chi connectivity index (χ3n) is 5.35. The van der Waals surface area contributed by atoms with Gasteiger partial charge in [0.05, 0.1) is 6.04 Å². The molecule has 0 aliphatic heterocycles. The lowest BCUT2D eigenvalue weighted by molar-refractivity contribution is 0.259. The molecule has 0 amide bonds. The summed E-state index contributed by atoms with van der Waals surface area (Å²) in [4.78, 5) is 0. The van der Waals surface area contributed by atoms with Crippen LogP contribution in [-0.4, -0.2) is 15.3 Å². The van der Waals surface area contributed by atoms with Crippen molar-refractivity contribution in [2.45, 2.75) is 25.8 Å². The number of benzene rings is 4. The van der Waals surface area contributed by atoms with E-state index in [2.05, 4.69) is 25.6 Å². The molecule has 4 rings (SSSR count). The van der Waals surface area contributed by atoms with Gasteiger partial charge >= 0.3 is 8.80 Å². The van der Waals surface area contributed by atoms with Gasteiger partial charge in [0.1, 0.15) is 17.2 Å². The molecule has 0 radical (unpaired) electrons. The van der Waals surface area contributed by atoms with Crippen LogP contribution >= 0.6 is 0 Å². The van der Waals surface area contributed by atoms with Crippen molar-refractivity contribution in [3.05, 3.63) is 133 Å². The number of nitrogens with two attached hydrogens (primary N) is 1. The summed E-state index contributed by atoms with van der Waals surface area (Å²) in [6.07, 6.45) is 1.78. The molecule has 0 heterocycles. The van der Waals surface area contributed by atoms with Crippen LogP contribution in [0.15, 0.2) is 128 Å². The van der Waals surface area contributed by atoms with Gasteiger partial charge in [-0.2, -0.15) is 0 Å². The molecule has 4 aromatic rings. The fourth-order valence-corrected chi connectivity index (χ4v) is 5.97. The molecular formula is C31H35NO3Si. The Balaban J connectivity index is 0.000000303. The highest BCUT2D eigenvalue weighted by Gasteiger charge is 2.48. The Bertz CT molecular complexity index is 1040. The van der Waals surface area contributed by atoms with Gasteiger partial charge in [0, 0.05) is 0 Å². The van der Waals surface area contributed by atoms with Crippen LogP contribution < -0.4 is 19.0 Å². The average molecular weight is 498 g/mol. The Morgan fingerprint density at radius 2 is 1.00 bits per heavy atom. The van der Waals surface area contributed by atoms with E-state index in [1.165, 1.54) is 11.1 Å². The van der Waals surface area contributed by atoms with E-state index in [1.54, 1.807) is 0 Å². The zero-order valence-corrected chi connectivity index (χ0v) is 21.9. The van der Waals surface area contributed by atoms with E-state index < -0.39 is 8.80 Å². The average Bonchev–Trinajstić information content (AvgIpc) is 2.94. The number of rotatable bonds is 11. The molecule has 0 unspecified atom stereocenters. The molecule has 4 aromatic carbocycles. The first kappa shape index (κ1) is 26.8. The molecule has 36 heavy (non-hydrogen) atoms. The van der Waals surface area contributed by atoms with Gasteiger partial charge in [-0.15, -0.1) is 0 Å². The van der Waals surface area contributed by atoms with E-state index >= 15 is 0 Å². The highest BCUT2D eigenvalue weighted by atomic mass is 28.4. The molecule has 0 aliphatic rings. The van der Waals surface area contributed by atoms with Crippen LogP contribution in [0.2, 0.25) is 6.04 Å². The molecule has 0 fully saturated rings. The third-order valence-corrected chi connectivity index (χ3v) is 7.95. The van der Waals surface area contributed by atoms with Gasteiger partial charge in [-0.3, -0.25) is 0 Å². The molecule has 186 valence electrons. The predicted molar refractivity (Wildman–Crippen MR) is 151 cm³/mol. The first-order chi connectivity index (χ1) is 17.6. The summed E-state index contributed by atoms with van der Waals surface area (Å²) in [5, 5.41) is 0. The standard InChI is InChI=1S/C21H23NO3Si.C10H12/c22-17-10-18-26(23-19-11-4-1-5-12-19,24-20-13-6-2-7-14-20)25-21-15-8-3-9-16-21;1-3-9(2)10-7-5-4-6-8-10/h1-9,11-16H,10,17-18,22H2;4-8H,2-3H2,1H3. The maximum atomic E-state index is 6.35. The molecule has 0 saturated carbocycles. The fourth-order valence-electron chi connectivity index (χ4n) is 3.42. The van der Waals surface area contributed by atoms with Crippen molar-refractivity contribution >= 4 is 14.4 Å². The van der Waals surface area contributed by atoms with Gasteiger partial charge in [-0.1, -0.05) is 98.4 Å². The molecule has 0 atom stereocenters. The van der Waals surface area contributed by atoms with Crippen LogP contribution in [-0.2, 0) is 0 Å². The van der Waals surface area contributed by atoms with Crippen LogP contribution in [0.1, 0.15) is 25.3 Å². The van der Waals surface area contributed by atoms with Crippen LogP contribution in [0.5, 0.6) is 17.2 Å². The third kappa shape index (κ3) is 8.76. The topological polar surface area (TPSA) is 53.7 Å². The van der Waals surface area contributed by atoms with Crippen molar-refractivity contribution in [2.75, 3.05) is 6.54 Å². The van der Waals surface area contributed by atoms with Gasteiger partial charge < -0.3 is 19.0 Å². The molecule has 0 saturated heterocycles. The summed E-state index contributed by atoms with van der Waals surface area (Å²) in [5.74, 6) is 2.18. The van der Waals surface area contributed by atoms with E-state index in [1.807, 2.05) is 109 Å². The number of allylic oxidation sites excluding steroid dienone is 1. The maximum Gasteiger partial charge on any atom is 0.699 e.